The van der Waals surface area contributed by atoms with Crippen LogP contribution in [0.1, 0.15) is 23.5 Å². The molecule has 1 aromatic carbocycles. The first-order chi connectivity index (χ1) is 7.31. The highest BCUT2D eigenvalue weighted by molar-refractivity contribution is 5.26. The molecule has 0 aromatic heterocycles. The Balaban J connectivity index is 2.20. The maximum absolute atomic E-state index is 5.79. The molecule has 1 aliphatic rings. The van der Waals surface area contributed by atoms with E-state index in [1.54, 1.807) is 0 Å². The molecular weight excluding hydrogens is 186 g/mol. The third kappa shape index (κ3) is 2.39. The average Bonchev–Trinajstić information content (AvgIpc) is 2.29. The number of hydrogen-bond acceptors (Lipinski definition) is 2. The van der Waals surface area contributed by atoms with Crippen LogP contribution in [-0.4, -0.2) is 19.8 Å². The monoisotopic (exact) mass is 205 g/mol. The van der Waals surface area contributed by atoms with Gasteiger partial charge in [0, 0.05) is 12.5 Å². The van der Waals surface area contributed by atoms with Gasteiger partial charge in [-0.2, -0.15) is 0 Å². The minimum Gasteiger partial charge on any atom is -0.381 e. The molecule has 82 valence electrons. The highest BCUT2D eigenvalue weighted by Gasteiger charge is 2.25. The molecule has 2 N–H and O–H groups in total. The van der Waals surface area contributed by atoms with E-state index in [1.807, 2.05) is 0 Å². The van der Waals surface area contributed by atoms with E-state index in [0.29, 0.717) is 11.8 Å². The second-order valence-corrected chi connectivity index (χ2v) is 4.38. The summed E-state index contributed by atoms with van der Waals surface area (Å²) in [5.74, 6) is 1.07. The molecule has 1 fully saturated rings. The summed E-state index contributed by atoms with van der Waals surface area (Å²) in [6, 6.07) is 8.76. The van der Waals surface area contributed by atoms with Crippen LogP contribution in [0.5, 0.6) is 0 Å². The molecule has 1 heterocycles. The predicted octanol–water partition coefficient (Wildman–Crippen LogP) is 2.07. The van der Waals surface area contributed by atoms with Crippen molar-refractivity contribution in [3.05, 3.63) is 35.4 Å². The molecule has 2 heteroatoms. The van der Waals surface area contributed by atoms with Crippen molar-refractivity contribution in [2.24, 2.45) is 11.7 Å². The molecule has 1 aliphatic heterocycles. The summed E-state index contributed by atoms with van der Waals surface area (Å²) in [5, 5.41) is 0. The van der Waals surface area contributed by atoms with Crippen molar-refractivity contribution < 1.29 is 4.74 Å². The van der Waals surface area contributed by atoms with Crippen molar-refractivity contribution in [2.45, 2.75) is 19.3 Å². The summed E-state index contributed by atoms with van der Waals surface area (Å²) in [6.07, 6.45) is 1.10. The van der Waals surface area contributed by atoms with E-state index in [2.05, 4.69) is 31.2 Å². The SMILES string of the molecule is Cc1cccc(C2CCOCC2CN)c1. The zero-order chi connectivity index (χ0) is 10.7. The molecule has 0 saturated carbocycles. The first-order valence-corrected chi connectivity index (χ1v) is 5.65. The summed E-state index contributed by atoms with van der Waals surface area (Å²) in [5.41, 5.74) is 8.54. The van der Waals surface area contributed by atoms with Crippen molar-refractivity contribution >= 4 is 0 Å². The molecule has 0 radical (unpaired) electrons. The molecule has 2 nitrogen and oxygen atoms in total. The van der Waals surface area contributed by atoms with Gasteiger partial charge in [0.25, 0.3) is 0 Å². The Kier molecular flexibility index (Phi) is 3.39. The Hall–Kier alpha value is -0.860. The van der Waals surface area contributed by atoms with E-state index < -0.39 is 0 Å². The van der Waals surface area contributed by atoms with E-state index in [4.69, 9.17) is 10.5 Å². The van der Waals surface area contributed by atoms with Crippen molar-refractivity contribution in [1.82, 2.24) is 0 Å². The van der Waals surface area contributed by atoms with E-state index in [9.17, 15) is 0 Å². The molecular formula is C13H19NO. The fraction of sp³-hybridized carbons (Fsp3) is 0.538. The van der Waals surface area contributed by atoms with E-state index >= 15 is 0 Å². The summed E-state index contributed by atoms with van der Waals surface area (Å²) >= 11 is 0. The molecule has 0 aliphatic carbocycles. The molecule has 0 spiro atoms. The van der Waals surface area contributed by atoms with E-state index in [1.165, 1.54) is 11.1 Å². The van der Waals surface area contributed by atoms with Gasteiger partial charge in [0.15, 0.2) is 0 Å². The van der Waals surface area contributed by atoms with Crippen LogP contribution in [0.4, 0.5) is 0 Å². The lowest BCUT2D eigenvalue weighted by Crippen LogP contribution is -2.31. The van der Waals surface area contributed by atoms with Gasteiger partial charge in [-0.05, 0) is 31.4 Å². The maximum atomic E-state index is 5.79. The Bertz CT molecular complexity index is 324. The zero-order valence-electron chi connectivity index (χ0n) is 9.28. The minimum atomic E-state index is 0.487. The van der Waals surface area contributed by atoms with Gasteiger partial charge in [0.2, 0.25) is 0 Å². The summed E-state index contributed by atoms with van der Waals surface area (Å²) in [7, 11) is 0. The zero-order valence-corrected chi connectivity index (χ0v) is 9.28. The Morgan fingerprint density at radius 2 is 2.33 bits per heavy atom. The minimum absolute atomic E-state index is 0.487. The number of rotatable bonds is 2. The standard InChI is InChI=1S/C13H19NO/c1-10-3-2-4-11(7-10)13-5-6-15-9-12(13)8-14/h2-4,7,12-13H,5-6,8-9,14H2,1H3. The Morgan fingerprint density at radius 3 is 3.07 bits per heavy atom. The van der Waals surface area contributed by atoms with E-state index in [-0.39, 0.29) is 0 Å². The lowest BCUT2D eigenvalue weighted by Gasteiger charge is -2.31. The smallest absolute Gasteiger partial charge is 0.0512 e. The number of ether oxygens (including phenoxy) is 1. The van der Waals surface area contributed by atoms with Gasteiger partial charge in [0.05, 0.1) is 6.61 Å². The van der Waals surface area contributed by atoms with E-state index in [0.717, 1.165) is 26.2 Å². The molecule has 15 heavy (non-hydrogen) atoms. The third-order valence-electron chi connectivity index (χ3n) is 3.25. The molecule has 2 atom stereocenters. The summed E-state index contributed by atoms with van der Waals surface area (Å²) in [6.45, 7) is 4.54. The van der Waals surface area contributed by atoms with Gasteiger partial charge in [-0.1, -0.05) is 29.8 Å². The van der Waals surface area contributed by atoms with Crippen LogP contribution < -0.4 is 5.73 Å². The van der Waals surface area contributed by atoms with Crippen LogP contribution in [0, 0.1) is 12.8 Å². The quantitative estimate of drug-likeness (QED) is 0.802. The predicted molar refractivity (Wildman–Crippen MR) is 61.9 cm³/mol. The molecule has 2 rings (SSSR count). The number of hydrogen-bond donors (Lipinski definition) is 1. The van der Waals surface area contributed by atoms with Gasteiger partial charge in [-0.3, -0.25) is 0 Å². The molecule has 1 saturated heterocycles. The van der Waals surface area contributed by atoms with Crippen molar-refractivity contribution in [3.63, 3.8) is 0 Å². The Morgan fingerprint density at radius 1 is 1.47 bits per heavy atom. The van der Waals surface area contributed by atoms with Crippen LogP contribution >= 0.6 is 0 Å². The first-order valence-electron chi connectivity index (χ1n) is 5.65. The van der Waals surface area contributed by atoms with Crippen molar-refractivity contribution in [1.29, 1.82) is 0 Å². The van der Waals surface area contributed by atoms with Crippen LogP contribution in [-0.2, 0) is 4.74 Å². The number of aryl methyl sites for hydroxylation is 1. The second-order valence-electron chi connectivity index (χ2n) is 4.38. The lowest BCUT2D eigenvalue weighted by atomic mass is 9.82. The summed E-state index contributed by atoms with van der Waals surface area (Å²) < 4.78 is 5.47. The highest BCUT2D eigenvalue weighted by Crippen LogP contribution is 2.31. The second kappa shape index (κ2) is 4.77. The van der Waals surface area contributed by atoms with Crippen LogP contribution in [0.3, 0.4) is 0 Å². The van der Waals surface area contributed by atoms with Gasteiger partial charge >= 0.3 is 0 Å². The Labute approximate surface area is 91.4 Å². The fourth-order valence-electron chi connectivity index (χ4n) is 2.37. The average molecular weight is 205 g/mol. The molecule has 0 amide bonds. The third-order valence-corrected chi connectivity index (χ3v) is 3.25. The van der Waals surface area contributed by atoms with Gasteiger partial charge in [-0.15, -0.1) is 0 Å². The van der Waals surface area contributed by atoms with Crippen molar-refractivity contribution in [3.8, 4) is 0 Å². The molecule has 1 aromatic rings. The topological polar surface area (TPSA) is 35.2 Å². The highest BCUT2D eigenvalue weighted by atomic mass is 16.5. The largest absolute Gasteiger partial charge is 0.381 e. The first kappa shape index (κ1) is 10.7. The fourth-order valence-corrected chi connectivity index (χ4v) is 2.37. The van der Waals surface area contributed by atoms with Gasteiger partial charge < -0.3 is 10.5 Å². The van der Waals surface area contributed by atoms with Crippen LogP contribution in [0.2, 0.25) is 0 Å². The maximum Gasteiger partial charge on any atom is 0.0512 e. The number of nitrogens with two attached hydrogens (primary N) is 1. The number of benzene rings is 1. The normalized spacial score (nSPS) is 26.5. The lowest BCUT2D eigenvalue weighted by molar-refractivity contribution is 0.0436. The molecule has 0 bridgehead atoms. The van der Waals surface area contributed by atoms with Gasteiger partial charge in [-0.25, -0.2) is 0 Å². The summed E-state index contributed by atoms with van der Waals surface area (Å²) in [4.78, 5) is 0. The van der Waals surface area contributed by atoms with Crippen molar-refractivity contribution in [2.75, 3.05) is 19.8 Å². The van der Waals surface area contributed by atoms with Crippen LogP contribution in [0.25, 0.3) is 0 Å². The molecule has 2 unspecified atom stereocenters. The van der Waals surface area contributed by atoms with Gasteiger partial charge in [0.1, 0.15) is 0 Å². The van der Waals surface area contributed by atoms with Crippen LogP contribution in [0.15, 0.2) is 24.3 Å².